The highest BCUT2D eigenvalue weighted by Crippen LogP contribution is 2.27. The van der Waals surface area contributed by atoms with Crippen molar-refractivity contribution in [1.82, 2.24) is 4.98 Å². The number of thiazole rings is 1. The summed E-state index contributed by atoms with van der Waals surface area (Å²) in [5.74, 6) is -1.09. The molecule has 4 N–H and O–H groups in total. The lowest BCUT2D eigenvalue weighted by Crippen LogP contribution is -2.20. The highest BCUT2D eigenvalue weighted by atomic mass is 79.9. The Bertz CT molecular complexity index is 615. The van der Waals surface area contributed by atoms with E-state index in [1.54, 1.807) is 5.38 Å². The SMILES string of the molecule is Cc1cc(Br)ccc1Nc1nc(C(N)C(=O)O)cs1. The number of anilines is 2. The summed E-state index contributed by atoms with van der Waals surface area (Å²) in [4.78, 5) is 15.0. The smallest absolute Gasteiger partial charge is 0.326 e. The van der Waals surface area contributed by atoms with Gasteiger partial charge >= 0.3 is 5.97 Å². The molecule has 0 radical (unpaired) electrons. The zero-order chi connectivity index (χ0) is 14.0. The predicted octanol–water partition coefficient (Wildman–Crippen LogP) is 3.04. The fraction of sp³-hybridized carbons (Fsp3) is 0.167. The minimum absolute atomic E-state index is 0.356. The van der Waals surface area contributed by atoms with Gasteiger partial charge in [0.05, 0.1) is 5.69 Å². The number of aromatic nitrogens is 1. The number of carbonyl (C=O) groups is 1. The Kier molecular flexibility index (Phi) is 4.18. The topological polar surface area (TPSA) is 88.2 Å². The van der Waals surface area contributed by atoms with Gasteiger partial charge in [-0.2, -0.15) is 0 Å². The molecule has 19 heavy (non-hydrogen) atoms. The Balaban J connectivity index is 2.18. The minimum Gasteiger partial charge on any atom is -0.480 e. The second-order valence-corrected chi connectivity index (χ2v) is 5.75. The maximum atomic E-state index is 10.8. The lowest BCUT2D eigenvalue weighted by Gasteiger charge is -2.07. The van der Waals surface area contributed by atoms with E-state index in [1.165, 1.54) is 11.3 Å². The first-order chi connectivity index (χ1) is 8.97. The van der Waals surface area contributed by atoms with Gasteiger partial charge in [-0.05, 0) is 30.7 Å². The van der Waals surface area contributed by atoms with Crippen LogP contribution in [0.2, 0.25) is 0 Å². The molecule has 0 saturated carbocycles. The van der Waals surface area contributed by atoms with Crippen LogP contribution in [0.1, 0.15) is 17.3 Å². The number of halogens is 1. The van der Waals surface area contributed by atoms with Crippen LogP contribution >= 0.6 is 27.3 Å². The molecule has 1 atom stereocenters. The Morgan fingerprint density at radius 3 is 2.95 bits per heavy atom. The van der Waals surface area contributed by atoms with E-state index in [1.807, 2.05) is 25.1 Å². The van der Waals surface area contributed by atoms with Gasteiger partial charge in [-0.15, -0.1) is 11.3 Å². The summed E-state index contributed by atoms with van der Waals surface area (Å²) >= 11 is 4.72. The van der Waals surface area contributed by atoms with Gasteiger partial charge in [-0.1, -0.05) is 15.9 Å². The fourth-order valence-corrected chi connectivity index (χ4v) is 2.73. The molecule has 1 unspecified atom stereocenters. The first-order valence-electron chi connectivity index (χ1n) is 5.44. The molecule has 0 aliphatic heterocycles. The van der Waals surface area contributed by atoms with E-state index in [9.17, 15) is 4.79 Å². The molecule has 0 aliphatic rings. The van der Waals surface area contributed by atoms with Crippen LogP contribution < -0.4 is 11.1 Å². The molecule has 5 nitrogen and oxygen atoms in total. The van der Waals surface area contributed by atoms with Crippen LogP contribution in [-0.2, 0) is 4.79 Å². The molecule has 2 aromatic rings. The van der Waals surface area contributed by atoms with Crippen molar-refractivity contribution in [3.8, 4) is 0 Å². The Hall–Kier alpha value is -1.44. The number of carboxylic acid groups (broad SMARTS) is 1. The molecule has 0 amide bonds. The molecule has 7 heteroatoms. The molecule has 2 rings (SSSR count). The molecule has 1 aromatic heterocycles. The van der Waals surface area contributed by atoms with Gasteiger partial charge in [-0.25, -0.2) is 4.98 Å². The summed E-state index contributed by atoms with van der Waals surface area (Å²) < 4.78 is 1.00. The zero-order valence-electron chi connectivity index (χ0n) is 10.1. The molecule has 0 bridgehead atoms. The van der Waals surface area contributed by atoms with Gasteiger partial charge < -0.3 is 16.2 Å². The van der Waals surface area contributed by atoms with Crippen molar-refractivity contribution in [3.05, 3.63) is 39.3 Å². The Labute approximate surface area is 122 Å². The molecular weight excluding hydrogens is 330 g/mol. The number of aliphatic carboxylic acids is 1. The van der Waals surface area contributed by atoms with E-state index >= 15 is 0 Å². The minimum atomic E-state index is -1.09. The normalized spacial score (nSPS) is 12.2. The van der Waals surface area contributed by atoms with Gasteiger partial charge in [0.15, 0.2) is 5.13 Å². The second kappa shape index (κ2) is 5.68. The van der Waals surface area contributed by atoms with E-state index in [2.05, 4.69) is 26.2 Å². The van der Waals surface area contributed by atoms with Gasteiger partial charge in [0.25, 0.3) is 0 Å². The van der Waals surface area contributed by atoms with Crippen LogP contribution in [0.25, 0.3) is 0 Å². The highest BCUT2D eigenvalue weighted by Gasteiger charge is 2.17. The van der Waals surface area contributed by atoms with Crippen LogP contribution in [0.3, 0.4) is 0 Å². The number of aryl methyl sites for hydroxylation is 1. The number of hydrogen-bond acceptors (Lipinski definition) is 5. The quantitative estimate of drug-likeness (QED) is 0.795. The van der Waals surface area contributed by atoms with Crippen LogP contribution in [0.5, 0.6) is 0 Å². The monoisotopic (exact) mass is 341 g/mol. The third-order valence-corrected chi connectivity index (χ3v) is 3.81. The molecule has 1 heterocycles. The predicted molar refractivity (Wildman–Crippen MR) is 78.8 cm³/mol. The van der Waals surface area contributed by atoms with Crippen LogP contribution in [0.15, 0.2) is 28.1 Å². The first-order valence-corrected chi connectivity index (χ1v) is 7.11. The Morgan fingerprint density at radius 2 is 2.32 bits per heavy atom. The van der Waals surface area contributed by atoms with Crippen LogP contribution in [0, 0.1) is 6.92 Å². The van der Waals surface area contributed by atoms with Crippen LogP contribution in [-0.4, -0.2) is 16.1 Å². The average molecular weight is 342 g/mol. The van der Waals surface area contributed by atoms with E-state index in [-0.39, 0.29) is 0 Å². The fourth-order valence-electron chi connectivity index (χ4n) is 1.50. The molecular formula is C12H12BrN3O2S. The van der Waals surface area contributed by atoms with Gasteiger partial charge in [0.2, 0.25) is 0 Å². The van der Waals surface area contributed by atoms with Crippen molar-refractivity contribution < 1.29 is 9.90 Å². The second-order valence-electron chi connectivity index (χ2n) is 3.98. The number of nitrogens with zero attached hydrogens (tertiary/aromatic N) is 1. The van der Waals surface area contributed by atoms with Gasteiger partial charge in [0.1, 0.15) is 6.04 Å². The number of carboxylic acids is 1. The molecule has 1 aromatic carbocycles. The van der Waals surface area contributed by atoms with Gasteiger partial charge in [0, 0.05) is 15.5 Å². The maximum Gasteiger partial charge on any atom is 0.326 e. The molecule has 100 valence electrons. The summed E-state index contributed by atoms with van der Waals surface area (Å²) in [6.45, 7) is 1.98. The van der Waals surface area contributed by atoms with Gasteiger partial charge in [-0.3, -0.25) is 4.79 Å². The number of nitrogens with one attached hydrogen (secondary N) is 1. The summed E-state index contributed by atoms with van der Waals surface area (Å²) in [7, 11) is 0. The number of nitrogens with two attached hydrogens (primary N) is 1. The Morgan fingerprint density at radius 1 is 1.58 bits per heavy atom. The molecule has 0 fully saturated rings. The largest absolute Gasteiger partial charge is 0.480 e. The average Bonchev–Trinajstić information content (AvgIpc) is 2.80. The van der Waals surface area contributed by atoms with E-state index in [0.717, 1.165) is 15.7 Å². The van der Waals surface area contributed by atoms with Crippen molar-refractivity contribution in [3.63, 3.8) is 0 Å². The molecule has 0 saturated heterocycles. The van der Waals surface area contributed by atoms with Crippen molar-refractivity contribution in [2.45, 2.75) is 13.0 Å². The lowest BCUT2D eigenvalue weighted by atomic mass is 10.2. The van der Waals surface area contributed by atoms with Crippen molar-refractivity contribution in [2.24, 2.45) is 5.73 Å². The molecule has 0 spiro atoms. The zero-order valence-corrected chi connectivity index (χ0v) is 12.5. The standard InChI is InChI=1S/C12H12BrN3O2S/c1-6-4-7(13)2-3-8(6)15-12-16-9(5-19-12)10(14)11(17)18/h2-5,10H,14H2,1H3,(H,15,16)(H,17,18). The molecule has 0 aliphatic carbocycles. The van der Waals surface area contributed by atoms with E-state index in [0.29, 0.717) is 10.8 Å². The van der Waals surface area contributed by atoms with Crippen molar-refractivity contribution >= 4 is 44.1 Å². The van der Waals surface area contributed by atoms with E-state index < -0.39 is 12.0 Å². The third kappa shape index (κ3) is 3.31. The van der Waals surface area contributed by atoms with Crippen molar-refractivity contribution in [1.29, 1.82) is 0 Å². The first kappa shape index (κ1) is 14.0. The summed E-state index contributed by atoms with van der Waals surface area (Å²) in [5, 5.41) is 14.2. The highest BCUT2D eigenvalue weighted by molar-refractivity contribution is 9.10. The third-order valence-electron chi connectivity index (χ3n) is 2.54. The lowest BCUT2D eigenvalue weighted by molar-refractivity contribution is -0.138. The summed E-state index contributed by atoms with van der Waals surface area (Å²) in [5.41, 5.74) is 7.85. The maximum absolute atomic E-state index is 10.8. The van der Waals surface area contributed by atoms with Crippen LogP contribution in [0.4, 0.5) is 10.8 Å². The number of hydrogen-bond donors (Lipinski definition) is 3. The number of rotatable bonds is 4. The number of benzene rings is 1. The van der Waals surface area contributed by atoms with Crippen molar-refractivity contribution in [2.75, 3.05) is 5.32 Å². The summed E-state index contributed by atoms with van der Waals surface area (Å²) in [6, 6.07) is 4.75. The van der Waals surface area contributed by atoms with E-state index in [4.69, 9.17) is 10.8 Å². The summed E-state index contributed by atoms with van der Waals surface area (Å²) in [6.07, 6.45) is 0.